The van der Waals surface area contributed by atoms with Gasteiger partial charge in [0, 0.05) is 18.1 Å². The summed E-state index contributed by atoms with van der Waals surface area (Å²) in [6.45, 7) is 5.72. The Kier molecular flexibility index (Phi) is 6.94. The van der Waals surface area contributed by atoms with Gasteiger partial charge in [0.2, 0.25) is 0 Å². The number of amides is 2. The summed E-state index contributed by atoms with van der Waals surface area (Å²) in [5.74, 6) is 1.29. The summed E-state index contributed by atoms with van der Waals surface area (Å²) < 4.78 is 5.69. The number of hydrogen-bond donors (Lipinski definition) is 2. The van der Waals surface area contributed by atoms with Crippen LogP contribution in [0.2, 0.25) is 5.02 Å². The van der Waals surface area contributed by atoms with E-state index in [4.69, 9.17) is 16.3 Å². The average molecular weight is 347 g/mol. The lowest BCUT2D eigenvalue weighted by molar-refractivity contribution is 0.240. The van der Waals surface area contributed by atoms with Gasteiger partial charge in [0.15, 0.2) is 0 Å². The van der Waals surface area contributed by atoms with Crippen LogP contribution >= 0.6 is 11.6 Å². The Morgan fingerprint density at radius 1 is 1.08 bits per heavy atom. The van der Waals surface area contributed by atoms with E-state index in [0.717, 1.165) is 16.9 Å². The van der Waals surface area contributed by atoms with Crippen LogP contribution in [-0.4, -0.2) is 12.6 Å². The molecule has 128 valence electrons. The molecule has 0 aliphatic rings. The number of halogens is 1. The Labute approximate surface area is 148 Å². The van der Waals surface area contributed by atoms with Gasteiger partial charge in [-0.25, -0.2) is 4.79 Å². The third-order valence-electron chi connectivity index (χ3n) is 3.33. The van der Waals surface area contributed by atoms with Crippen LogP contribution in [0.4, 0.5) is 4.79 Å². The zero-order valence-corrected chi connectivity index (χ0v) is 14.8. The molecule has 5 heteroatoms. The van der Waals surface area contributed by atoms with Gasteiger partial charge in [-0.1, -0.05) is 55.8 Å². The Morgan fingerprint density at radius 2 is 1.83 bits per heavy atom. The fourth-order valence-corrected chi connectivity index (χ4v) is 2.27. The number of carbonyl (C=O) groups is 1. The van der Waals surface area contributed by atoms with Crippen molar-refractivity contribution in [3.63, 3.8) is 0 Å². The maximum atomic E-state index is 11.9. The second-order valence-corrected chi connectivity index (χ2v) is 6.39. The van der Waals surface area contributed by atoms with Crippen molar-refractivity contribution in [2.45, 2.75) is 26.9 Å². The third kappa shape index (κ3) is 6.13. The molecule has 0 atom stereocenters. The van der Waals surface area contributed by atoms with E-state index in [-0.39, 0.29) is 6.03 Å². The van der Waals surface area contributed by atoms with Crippen molar-refractivity contribution in [2.75, 3.05) is 6.61 Å². The molecule has 0 saturated carbocycles. The van der Waals surface area contributed by atoms with Gasteiger partial charge < -0.3 is 15.4 Å². The number of nitrogens with one attached hydrogen (secondary N) is 2. The van der Waals surface area contributed by atoms with E-state index in [0.29, 0.717) is 30.6 Å². The van der Waals surface area contributed by atoms with E-state index in [1.54, 1.807) is 6.07 Å². The predicted octanol–water partition coefficient (Wildman–Crippen LogP) is 4.37. The molecule has 0 radical (unpaired) electrons. The maximum Gasteiger partial charge on any atom is 0.315 e. The van der Waals surface area contributed by atoms with Gasteiger partial charge in [-0.2, -0.15) is 0 Å². The molecular formula is C19H23ClN2O2. The molecule has 0 aliphatic carbocycles. The molecule has 24 heavy (non-hydrogen) atoms. The summed E-state index contributed by atoms with van der Waals surface area (Å²) in [7, 11) is 0. The lowest BCUT2D eigenvalue weighted by Gasteiger charge is -2.11. The molecule has 2 rings (SSSR count). The van der Waals surface area contributed by atoms with Crippen LogP contribution in [0.3, 0.4) is 0 Å². The molecular weight excluding hydrogens is 324 g/mol. The minimum absolute atomic E-state index is 0.233. The van der Waals surface area contributed by atoms with Gasteiger partial charge in [-0.05, 0) is 35.2 Å². The van der Waals surface area contributed by atoms with E-state index in [9.17, 15) is 4.79 Å². The molecule has 0 heterocycles. The molecule has 0 fully saturated rings. The number of carbonyl (C=O) groups excluding carboxylic acids is 1. The van der Waals surface area contributed by atoms with Gasteiger partial charge in [-0.15, -0.1) is 0 Å². The van der Waals surface area contributed by atoms with Crippen molar-refractivity contribution in [1.29, 1.82) is 0 Å². The first-order valence-electron chi connectivity index (χ1n) is 8.01. The van der Waals surface area contributed by atoms with Gasteiger partial charge in [0.1, 0.15) is 5.75 Å². The first kappa shape index (κ1) is 18.1. The molecule has 2 amide bonds. The molecule has 2 aromatic carbocycles. The smallest absolute Gasteiger partial charge is 0.315 e. The van der Waals surface area contributed by atoms with E-state index in [1.807, 2.05) is 42.5 Å². The summed E-state index contributed by atoms with van der Waals surface area (Å²) >= 11 is 6.06. The van der Waals surface area contributed by atoms with Crippen LogP contribution in [0.15, 0.2) is 48.5 Å². The van der Waals surface area contributed by atoms with Crippen molar-refractivity contribution >= 4 is 17.6 Å². The SMILES string of the molecule is CC(C)COc1cccc(CNC(=O)NCc2ccccc2Cl)c1. The van der Waals surface area contributed by atoms with Crippen LogP contribution in [0.1, 0.15) is 25.0 Å². The third-order valence-corrected chi connectivity index (χ3v) is 3.70. The summed E-state index contributed by atoms with van der Waals surface area (Å²) in [4.78, 5) is 11.9. The monoisotopic (exact) mass is 346 g/mol. The van der Waals surface area contributed by atoms with E-state index in [2.05, 4.69) is 24.5 Å². The fourth-order valence-electron chi connectivity index (χ4n) is 2.07. The topological polar surface area (TPSA) is 50.4 Å². The lowest BCUT2D eigenvalue weighted by Crippen LogP contribution is -2.34. The highest BCUT2D eigenvalue weighted by Crippen LogP contribution is 2.15. The number of rotatable bonds is 7. The molecule has 2 aromatic rings. The number of benzene rings is 2. The Hall–Kier alpha value is -2.20. The van der Waals surface area contributed by atoms with Crippen LogP contribution in [-0.2, 0) is 13.1 Å². The first-order valence-corrected chi connectivity index (χ1v) is 8.39. The molecule has 0 bridgehead atoms. The minimum atomic E-state index is -0.233. The highest BCUT2D eigenvalue weighted by molar-refractivity contribution is 6.31. The van der Waals surface area contributed by atoms with Gasteiger partial charge in [0.25, 0.3) is 0 Å². The second-order valence-electron chi connectivity index (χ2n) is 5.98. The highest BCUT2D eigenvalue weighted by atomic mass is 35.5. The summed E-state index contributed by atoms with van der Waals surface area (Å²) in [5, 5.41) is 6.28. The lowest BCUT2D eigenvalue weighted by atomic mass is 10.2. The van der Waals surface area contributed by atoms with Crippen LogP contribution in [0, 0.1) is 5.92 Å². The molecule has 4 nitrogen and oxygen atoms in total. The van der Waals surface area contributed by atoms with Gasteiger partial charge in [0.05, 0.1) is 6.61 Å². The molecule has 0 unspecified atom stereocenters. The maximum absolute atomic E-state index is 11.9. The van der Waals surface area contributed by atoms with Crippen molar-refractivity contribution in [3.8, 4) is 5.75 Å². The van der Waals surface area contributed by atoms with Crippen LogP contribution in [0.5, 0.6) is 5.75 Å². The highest BCUT2D eigenvalue weighted by Gasteiger charge is 2.04. The average Bonchev–Trinajstić information content (AvgIpc) is 2.58. The standard InChI is InChI=1S/C19H23ClN2O2/c1-14(2)13-24-17-8-5-6-15(10-17)11-21-19(23)22-12-16-7-3-4-9-18(16)20/h3-10,14H,11-13H2,1-2H3,(H2,21,22,23). The van der Waals surface area contributed by atoms with Crippen LogP contribution in [0.25, 0.3) is 0 Å². The zero-order valence-electron chi connectivity index (χ0n) is 14.0. The van der Waals surface area contributed by atoms with Crippen molar-refractivity contribution in [3.05, 3.63) is 64.7 Å². The molecule has 0 saturated heterocycles. The van der Waals surface area contributed by atoms with E-state index in [1.165, 1.54) is 0 Å². The summed E-state index contributed by atoms with van der Waals surface area (Å²) in [5.41, 5.74) is 1.88. The fraction of sp³-hybridized carbons (Fsp3) is 0.316. The summed E-state index contributed by atoms with van der Waals surface area (Å²) in [6, 6.07) is 15.0. The van der Waals surface area contributed by atoms with Gasteiger partial charge >= 0.3 is 6.03 Å². The Balaban J connectivity index is 1.79. The van der Waals surface area contributed by atoms with Crippen molar-refractivity contribution < 1.29 is 9.53 Å². The second kappa shape index (κ2) is 9.18. The molecule has 0 aliphatic heterocycles. The number of hydrogen-bond acceptors (Lipinski definition) is 2. The van der Waals surface area contributed by atoms with Crippen molar-refractivity contribution in [1.82, 2.24) is 10.6 Å². The Morgan fingerprint density at radius 3 is 2.58 bits per heavy atom. The molecule has 0 spiro atoms. The Bertz CT molecular complexity index is 674. The zero-order chi connectivity index (χ0) is 17.4. The predicted molar refractivity (Wildman–Crippen MR) is 97.3 cm³/mol. The normalized spacial score (nSPS) is 10.5. The van der Waals surface area contributed by atoms with E-state index >= 15 is 0 Å². The minimum Gasteiger partial charge on any atom is -0.493 e. The molecule has 0 aromatic heterocycles. The van der Waals surface area contributed by atoms with E-state index < -0.39 is 0 Å². The van der Waals surface area contributed by atoms with Crippen molar-refractivity contribution in [2.24, 2.45) is 5.92 Å². The van der Waals surface area contributed by atoms with Gasteiger partial charge in [-0.3, -0.25) is 0 Å². The summed E-state index contributed by atoms with van der Waals surface area (Å²) in [6.07, 6.45) is 0. The quantitative estimate of drug-likeness (QED) is 0.782. The van der Waals surface area contributed by atoms with Crippen LogP contribution < -0.4 is 15.4 Å². The largest absolute Gasteiger partial charge is 0.493 e. The molecule has 2 N–H and O–H groups in total. The first-order chi connectivity index (χ1) is 11.5. The number of ether oxygens (including phenoxy) is 1. The number of urea groups is 1.